The van der Waals surface area contributed by atoms with Crippen LogP contribution in [0, 0.1) is 5.92 Å². The van der Waals surface area contributed by atoms with Gasteiger partial charge in [0.2, 0.25) is 5.91 Å². The number of aromatic hydroxyl groups is 1. The normalized spacial score (nSPS) is 20.0. The topological polar surface area (TPSA) is 56.2 Å². The van der Waals surface area contributed by atoms with Crippen LogP contribution in [-0.2, 0) is 17.9 Å². The quantitative estimate of drug-likeness (QED) is 0.663. The van der Waals surface area contributed by atoms with Crippen molar-refractivity contribution in [3.8, 4) is 11.5 Å². The van der Waals surface area contributed by atoms with Crippen LogP contribution in [-0.4, -0.2) is 72.1 Å². The van der Waals surface area contributed by atoms with Gasteiger partial charge < -0.3 is 14.7 Å². The Balaban J connectivity index is 1.19. The molecule has 6 nitrogen and oxygen atoms in total. The highest BCUT2D eigenvalue weighted by atomic mass is 16.5. The zero-order valence-corrected chi connectivity index (χ0v) is 19.8. The number of carbonyl (C=O) groups is 1. The average Bonchev–Trinajstić information content (AvgIpc) is 2.85. The Labute approximate surface area is 197 Å². The van der Waals surface area contributed by atoms with Crippen LogP contribution >= 0.6 is 0 Å². The van der Waals surface area contributed by atoms with Crippen molar-refractivity contribution in [2.75, 3.05) is 46.4 Å². The lowest BCUT2D eigenvalue weighted by molar-refractivity contribution is -0.133. The summed E-state index contributed by atoms with van der Waals surface area (Å²) < 4.78 is 5.24. The van der Waals surface area contributed by atoms with E-state index >= 15 is 0 Å². The molecule has 0 radical (unpaired) electrons. The Morgan fingerprint density at radius 2 is 1.73 bits per heavy atom. The summed E-state index contributed by atoms with van der Waals surface area (Å²) in [6.07, 6.45) is 4.00. The molecule has 2 heterocycles. The van der Waals surface area contributed by atoms with E-state index in [0.29, 0.717) is 24.0 Å². The first kappa shape index (κ1) is 23.6. The fraction of sp³-hybridized carbons (Fsp3) is 0.519. The summed E-state index contributed by atoms with van der Waals surface area (Å²) in [5, 5.41) is 9.82. The minimum absolute atomic E-state index is 0.178. The second-order valence-corrected chi connectivity index (χ2v) is 9.43. The maximum atomic E-state index is 12.8. The van der Waals surface area contributed by atoms with Crippen LogP contribution in [0.15, 0.2) is 48.5 Å². The van der Waals surface area contributed by atoms with Crippen molar-refractivity contribution in [2.24, 2.45) is 5.92 Å². The molecule has 0 aromatic heterocycles. The van der Waals surface area contributed by atoms with E-state index in [0.717, 1.165) is 64.3 Å². The number of ether oxygens (including phenoxy) is 1. The van der Waals surface area contributed by atoms with Crippen molar-refractivity contribution in [3.63, 3.8) is 0 Å². The molecule has 1 atom stereocenters. The molecule has 33 heavy (non-hydrogen) atoms. The number of phenolic OH excluding ortho intramolecular Hbond substituents is 1. The summed E-state index contributed by atoms with van der Waals surface area (Å²) in [5.74, 6) is 1.59. The van der Waals surface area contributed by atoms with Gasteiger partial charge in [-0.1, -0.05) is 36.4 Å². The monoisotopic (exact) mass is 451 g/mol. The molecule has 2 aromatic rings. The third-order valence-electron chi connectivity index (χ3n) is 6.99. The van der Waals surface area contributed by atoms with E-state index in [-0.39, 0.29) is 5.75 Å². The molecule has 2 aliphatic rings. The Morgan fingerprint density at radius 1 is 0.970 bits per heavy atom. The number of phenols is 1. The van der Waals surface area contributed by atoms with Crippen LogP contribution in [0.3, 0.4) is 0 Å². The molecule has 2 fully saturated rings. The average molecular weight is 452 g/mol. The number of hydrogen-bond acceptors (Lipinski definition) is 5. The highest BCUT2D eigenvalue weighted by molar-refractivity contribution is 5.76. The van der Waals surface area contributed by atoms with Crippen molar-refractivity contribution in [3.05, 3.63) is 59.7 Å². The molecule has 0 spiro atoms. The van der Waals surface area contributed by atoms with Crippen LogP contribution in [0.4, 0.5) is 0 Å². The Kier molecular flexibility index (Phi) is 8.24. The van der Waals surface area contributed by atoms with Gasteiger partial charge in [0, 0.05) is 52.2 Å². The van der Waals surface area contributed by atoms with Crippen LogP contribution in [0.5, 0.6) is 11.5 Å². The first-order valence-corrected chi connectivity index (χ1v) is 12.2. The van der Waals surface area contributed by atoms with Crippen LogP contribution < -0.4 is 4.74 Å². The minimum Gasteiger partial charge on any atom is -0.504 e. The van der Waals surface area contributed by atoms with Crippen molar-refractivity contribution in [1.82, 2.24) is 14.7 Å². The zero-order chi connectivity index (χ0) is 23.0. The molecule has 2 aliphatic heterocycles. The van der Waals surface area contributed by atoms with E-state index in [4.69, 9.17) is 4.74 Å². The first-order valence-electron chi connectivity index (χ1n) is 12.2. The van der Waals surface area contributed by atoms with E-state index in [1.54, 1.807) is 13.2 Å². The van der Waals surface area contributed by atoms with Gasteiger partial charge in [-0.3, -0.25) is 14.6 Å². The fourth-order valence-electron chi connectivity index (χ4n) is 5.09. The van der Waals surface area contributed by atoms with Gasteiger partial charge in [-0.25, -0.2) is 0 Å². The summed E-state index contributed by atoms with van der Waals surface area (Å²) in [6, 6.07) is 16.1. The van der Waals surface area contributed by atoms with E-state index in [2.05, 4.69) is 45.0 Å². The standard InChI is InChI=1S/C27H37N3O3/c1-33-26-18-24(9-11-25(26)31)21-29-13-5-8-23(20-29)10-12-27(32)30-16-14-28(15-17-30)19-22-6-3-2-4-7-22/h2-4,6-7,9,11,18,23,31H,5,8,10,12-17,19-21H2,1H3. The number of nitrogens with zero attached hydrogens (tertiary/aromatic N) is 3. The van der Waals surface area contributed by atoms with Gasteiger partial charge in [-0.15, -0.1) is 0 Å². The van der Waals surface area contributed by atoms with Crippen molar-refractivity contribution < 1.29 is 14.6 Å². The van der Waals surface area contributed by atoms with Gasteiger partial charge in [0.15, 0.2) is 11.5 Å². The van der Waals surface area contributed by atoms with Gasteiger partial charge in [-0.2, -0.15) is 0 Å². The molecule has 1 amide bonds. The van der Waals surface area contributed by atoms with Crippen LogP contribution in [0.2, 0.25) is 0 Å². The first-order chi connectivity index (χ1) is 16.1. The largest absolute Gasteiger partial charge is 0.504 e. The summed E-state index contributed by atoms with van der Waals surface area (Å²) in [4.78, 5) is 19.8. The number of hydrogen-bond donors (Lipinski definition) is 1. The molecule has 6 heteroatoms. The smallest absolute Gasteiger partial charge is 0.222 e. The molecule has 0 saturated carbocycles. The molecule has 0 bridgehead atoms. The summed E-state index contributed by atoms with van der Waals surface area (Å²) in [6.45, 7) is 7.51. The van der Waals surface area contributed by atoms with Gasteiger partial charge >= 0.3 is 0 Å². The lowest BCUT2D eigenvalue weighted by atomic mass is 9.92. The molecule has 2 saturated heterocycles. The number of amides is 1. The van der Waals surface area contributed by atoms with Gasteiger partial charge in [0.05, 0.1) is 7.11 Å². The minimum atomic E-state index is 0.178. The number of benzene rings is 2. The van der Waals surface area contributed by atoms with E-state index in [9.17, 15) is 9.90 Å². The molecule has 1 N–H and O–H groups in total. The predicted molar refractivity (Wildman–Crippen MR) is 130 cm³/mol. The number of piperazine rings is 1. The number of likely N-dealkylation sites (tertiary alicyclic amines) is 1. The molecular weight excluding hydrogens is 414 g/mol. The molecule has 2 aromatic carbocycles. The maximum absolute atomic E-state index is 12.8. The lowest BCUT2D eigenvalue weighted by Gasteiger charge is -2.36. The summed E-state index contributed by atoms with van der Waals surface area (Å²) in [7, 11) is 1.58. The number of carbonyl (C=O) groups excluding carboxylic acids is 1. The highest BCUT2D eigenvalue weighted by Crippen LogP contribution is 2.28. The number of rotatable bonds is 8. The Morgan fingerprint density at radius 3 is 2.48 bits per heavy atom. The summed E-state index contributed by atoms with van der Waals surface area (Å²) >= 11 is 0. The van der Waals surface area contributed by atoms with Crippen molar-refractivity contribution in [1.29, 1.82) is 0 Å². The predicted octanol–water partition coefficient (Wildman–Crippen LogP) is 3.74. The summed E-state index contributed by atoms with van der Waals surface area (Å²) in [5.41, 5.74) is 2.49. The Hall–Kier alpha value is -2.57. The van der Waals surface area contributed by atoms with Crippen molar-refractivity contribution in [2.45, 2.75) is 38.8 Å². The van der Waals surface area contributed by atoms with Crippen LogP contribution in [0.1, 0.15) is 36.8 Å². The second-order valence-electron chi connectivity index (χ2n) is 9.43. The molecule has 1 unspecified atom stereocenters. The number of methoxy groups -OCH3 is 1. The molecular formula is C27H37N3O3. The lowest BCUT2D eigenvalue weighted by Crippen LogP contribution is -2.48. The zero-order valence-electron chi connectivity index (χ0n) is 19.8. The van der Waals surface area contributed by atoms with Crippen molar-refractivity contribution >= 4 is 5.91 Å². The van der Waals surface area contributed by atoms with Gasteiger partial charge in [-0.05, 0) is 55.0 Å². The fourth-order valence-corrected chi connectivity index (χ4v) is 5.09. The third kappa shape index (κ3) is 6.71. The van der Waals surface area contributed by atoms with E-state index in [1.807, 2.05) is 12.1 Å². The number of piperidine rings is 1. The molecule has 4 rings (SSSR count). The van der Waals surface area contributed by atoms with E-state index < -0.39 is 0 Å². The second kappa shape index (κ2) is 11.5. The molecule has 0 aliphatic carbocycles. The van der Waals surface area contributed by atoms with Crippen LogP contribution in [0.25, 0.3) is 0 Å². The maximum Gasteiger partial charge on any atom is 0.222 e. The Bertz CT molecular complexity index is 897. The van der Waals surface area contributed by atoms with Gasteiger partial charge in [0.1, 0.15) is 0 Å². The third-order valence-corrected chi connectivity index (χ3v) is 6.99. The highest BCUT2D eigenvalue weighted by Gasteiger charge is 2.24. The van der Waals surface area contributed by atoms with Gasteiger partial charge in [0.25, 0.3) is 0 Å². The molecule has 178 valence electrons. The van der Waals surface area contributed by atoms with E-state index in [1.165, 1.54) is 18.4 Å². The SMILES string of the molecule is COc1cc(CN2CCCC(CCC(=O)N3CCN(Cc4ccccc4)CC3)C2)ccc1O.